The Morgan fingerprint density at radius 1 is 1.35 bits per heavy atom. The first-order valence-corrected chi connectivity index (χ1v) is 12.7. The number of likely N-dealkylation sites (tertiary alicyclic amines) is 1. The molecule has 0 aromatic carbocycles. The molecule has 0 aromatic heterocycles. The van der Waals surface area contributed by atoms with E-state index in [0.717, 1.165) is 6.42 Å². The van der Waals surface area contributed by atoms with Crippen molar-refractivity contribution in [3.63, 3.8) is 0 Å². The predicted octanol–water partition coefficient (Wildman–Crippen LogP) is 2.51. The quantitative estimate of drug-likeness (QED) is 0.277. The van der Waals surface area contributed by atoms with Crippen molar-refractivity contribution in [2.45, 2.75) is 72.9 Å². The van der Waals surface area contributed by atoms with Crippen molar-refractivity contribution in [2.75, 3.05) is 19.7 Å². The molecule has 3 aliphatic heterocycles. The maximum atomic E-state index is 14.0. The maximum Gasteiger partial charge on any atom is 0.308 e. The fourth-order valence-electron chi connectivity index (χ4n) is 5.47. The van der Waals surface area contributed by atoms with E-state index in [9.17, 15) is 19.5 Å². The molecular weight excluding hydrogens is 484 g/mol. The number of thioether (sulfide) groups is 1. The fourth-order valence-corrected chi connectivity index (χ4v) is 9.07. The highest BCUT2D eigenvalue weighted by atomic mass is 79.9. The Morgan fingerprint density at radius 3 is 2.58 bits per heavy atom. The number of carbonyl (C=O) groups is 3. The van der Waals surface area contributed by atoms with Crippen LogP contribution in [0.3, 0.4) is 0 Å². The van der Waals surface area contributed by atoms with E-state index in [1.54, 1.807) is 15.9 Å². The number of carbonyl (C=O) groups excluding carboxylic acids is 2. The smallest absolute Gasteiger partial charge is 0.308 e. The van der Waals surface area contributed by atoms with Crippen molar-refractivity contribution in [1.29, 1.82) is 0 Å². The van der Waals surface area contributed by atoms with Gasteiger partial charge >= 0.3 is 5.97 Å². The Balaban J connectivity index is 2.03. The van der Waals surface area contributed by atoms with Gasteiger partial charge in [-0.25, -0.2) is 0 Å². The Hall–Kier alpha value is -1.06. The zero-order valence-electron chi connectivity index (χ0n) is 18.4. The number of carboxylic acids is 1. The van der Waals surface area contributed by atoms with Gasteiger partial charge in [0.05, 0.1) is 16.6 Å². The molecule has 2 bridgehead atoms. The summed E-state index contributed by atoms with van der Waals surface area (Å²) in [5.41, 5.74) is -0.465. The molecule has 3 aliphatic rings. The molecule has 6 atom stereocenters. The highest BCUT2D eigenvalue weighted by Crippen LogP contribution is 2.67. The number of amides is 2. The van der Waals surface area contributed by atoms with E-state index in [1.807, 2.05) is 20.8 Å². The number of hydrogen-bond acceptors (Lipinski definition) is 5. The second-order valence-electron chi connectivity index (χ2n) is 9.73. The standard InChI is InChI=1S/C22H33BrN2O5S/c1-5-9-25(21(2,3)4)19(28)17-22-12-13(23)16(31-22)14(20(29)30)15(22)18(27)24(17)10-7-6-8-11-26/h5,13-17,26H,1,6-12H2,2-4H3,(H,29,30)/t13?,14-,15-,16-,17?,22?/m0/s1. The van der Waals surface area contributed by atoms with Gasteiger partial charge in [0.1, 0.15) is 6.04 Å². The number of alkyl halides is 1. The number of nitrogens with zero attached hydrogens (tertiary/aromatic N) is 2. The van der Waals surface area contributed by atoms with E-state index in [-0.39, 0.29) is 28.5 Å². The van der Waals surface area contributed by atoms with Crippen molar-refractivity contribution >= 4 is 45.5 Å². The lowest BCUT2D eigenvalue weighted by atomic mass is 9.71. The molecule has 3 rings (SSSR count). The third kappa shape index (κ3) is 4.06. The third-order valence-corrected chi connectivity index (χ3v) is 9.97. The van der Waals surface area contributed by atoms with Gasteiger partial charge in [0.25, 0.3) is 0 Å². The first-order valence-electron chi connectivity index (χ1n) is 10.9. The lowest BCUT2D eigenvalue weighted by Crippen LogP contribution is -2.59. The number of unbranched alkanes of at least 4 members (excludes halogenated alkanes) is 2. The molecule has 0 saturated carbocycles. The van der Waals surface area contributed by atoms with E-state index < -0.39 is 34.1 Å². The molecule has 9 heteroatoms. The zero-order chi connectivity index (χ0) is 23.1. The molecule has 1 spiro atoms. The van der Waals surface area contributed by atoms with Crippen LogP contribution in [0.4, 0.5) is 0 Å². The maximum absolute atomic E-state index is 14.0. The van der Waals surface area contributed by atoms with Gasteiger partial charge in [0.2, 0.25) is 11.8 Å². The molecule has 0 aromatic rings. The number of rotatable bonds is 9. The van der Waals surface area contributed by atoms with Crippen LogP contribution in [0.1, 0.15) is 46.5 Å². The molecule has 7 nitrogen and oxygen atoms in total. The summed E-state index contributed by atoms with van der Waals surface area (Å²) in [7, 11) is 0. The summed E-state index contributed by atoms with van der Waals surface area (Å²) in [4.78, 5) is 43.1. The monoisotopic (exact) mass is 516 g/mol. The summed E-state index contributed by atoms with van der Waals surface area (Å²) >= 11 is 5.17. The van der Waals surface area contributed by atoms with Crippen molar-refractivity contribution in [2.24, 2.45) is 11.8 Å². The lowest BCUT2D eigenvalue weighted by Gasteiger charge is -2.42. The zero-order valence-corrected chi connectivity index (χ0v) is 20.8. The number of aliphatic hydroxyl groups excluding tert-OH is 1. The van der Waals surface area contributed by atoms with Gasteiger partial charge in [-0.05, 0) is 46.5 Å². The van der Waals surface area contributed by atoms with Crippen molar-refractivity contribution in [3.8, 4) is 0 Å². The summed E-state index contributed by atoms with van der Waals surface area (Å²) in [6.07, 6.45) is 4.33. The van der Waals surface area contributed by atoms with Crippen molar-refractivity contribution in [1.82, 2.24) is 9.80 Å². The molecule has 3 fully saturated rings. The highest BCUT2D eigenvalue weighted by molar-refractivity contribution is 9.09. The van der Waals surface area contributed by atoms with Crippen LogP contribution in [-0.2, 0) is 14.4 Å². The minimum atomic E-state index is -0.964. The average Bonchev–Trinajstić information content (AvgIpc) is 3.26. The van der Waals surface area contributed by atoms with Crippen molar-refractivity contribution < 1.29 is 24.6 Å². The van der Waals surface area contributed by atoms with Crippen LogP contribution in [0.15, 0.2) is 12.7 Å². The minimum Gasteiger partial charge on any atom is -0.481 e. The Morgan fingerprint density at radius 2 is 2.03 bits per heavy atom. The highest BCUT2D eigenvalue weighted by Gasteiger charge is 2.76. The van der Waals surface area contributed by atoms with E-state index in [0.29, 0.717) is 32.4 Å². The number of aliphatic carboxylic acids is 1. The number of carboxylic acid groups (broad SMARTS) is 1. The normalized spacial score (nSPS) is 34.2. The van der Waals surface area contributed by atoms with Gasteiger partial charge in [-0.15, -0.1) is 18.3 Å². The Labute approximate surface area is 196 Å². The second-order valence-corrected chi connectivity index (χ2v) is 12.4. The van der Waals surface area contributed by atoms with Crippen LogP contribution in [-0.4, -0.2) is 83.9 Å². The third-order valence-electron chi connectivity index (χ3n) is 6.75. The van der Waals surface area contributed by atoms with Crippen LogP contribution < -0.4 is 0 Å². The number of aliphatic hydroxyl groups is 1. The molecule has 2 N–H and O–H groups in total. The summed E-state index contributed by atoms with van der Waals surface area (Å²) in [6.45, 7) is 10.5. The molecule has 0 aliphatic carbocycles. The number of halogens is 1. The fraction of sp³-hybridized carbons (Fsp3) is 0.773. The van der Waals surface area contributed by atoms with Crippen molar-refractivity contribution in [3.05, 3.63) is 12.7 Å². The molecule has 3 heterocycles. The number of hydrogen-bond donors (Lipinski definition) is 2. The summed E-state index contributed by atoms with van der Waals surface area (Å²) in [6, 6.07) is -0.697. The molecule has 3 unspecified atom stereocenters. The van der Waals surface area contributed by atoms with Gasteiger partial charge in [0, 0.05) is 35.3 Å². The molecule has 2 amide bonds. The molecule has 31 heavy (non-hydrogen) atoms. The topological polar surface area (TPSA) is 98.2 Å². The van der Waals surface area contributed by atoms with E-state index in [1.165, 1.54) is 11.8 Å². The van der Waals surface area contributed by atoms with E-state index in [2.05, 4.69) is 22.5 Å². The predicted molar refractivity (Wildman–Crippen MR) is 124 cm³/mol. The van der Waals surface area contributed by atoms with Crippen LogP contribution in [0, 0.1) is 11.8 Å². The van der Waals surface area contributed by atoms with Crippen LogP contribution in [0.5, 0.6) is 0 Å². The second kappa shape index (κ2) is 9.06. The van der Waals surface area contributed by atoms with Gasteiger partial charge in [-0.2, -0.15) is 0 Å². The van der Waals surface area contributed by atoms with Crippen LogP contribution in [0.25, 0.3) is 0 Å². The molecule has 0 radical (unpaired) electrons. The number of fused-ring (bicyclic) bond motifs is 1. The van der Waals surface area contributed by atoms with E-state index in [4.69, 9.17) is 5.11 Å². The first kappa shape index (κ1) is 24.6. The molecule has 174 valence electrons. The SMILES string of the molecule is C=CCN(C(=O)C1N(CCCCCO)C(=O)[C@@H]2[C@H](C(=O)O)[C@H]3SC12CC3Br)C(C)(C)C. The van der Waals surface area contributed by atoms with Crippen LogP contribution >= 0.6 is 27.7 Å². The largest absolute Gasteiger partial charge is 0.481 e. The Bertz CT molecular complexity index is 757. The van der Waals surface area contributed by atoms with Gasteiger partial charge in [0.15, 0.2) is 0 Å². The summed E-state index contributed by atoms with van der Waals surface area (Å²) in [5.74, 6) is -2.79. The van der Waals surface area contributed by atoms with Gasteiger partial charge in [-0.3, -0.25) is 14.4 Å². The molecule has 3 saturated heterocycles. The molecular formula is C22H33BrN2O5S. The van der Waals surface area contributed by atoms with Crippen LogP contribution in [0.2, 0.25) is 0 Å². The first-order chi connectivity index (χ1) is 14.5. The Kier molecular flexibility index (Phi) is 7.18. The summed E-state index contributed by atoms with van der Waals surface area (Å²) in [5, 5.41) is 18.8. The van der Waals surface area contributed by atoms with Gasteiger partial charge < -0.3 is 20.0 Å². The minimum absolute atomic E-state index is 0.0465. The summed E-state index contributed by atoms with van der Waals surface area (Å²) < 4.78 is -0.738. The lowest BCUT2D eigenvalue weighted by molar-refractivity contribution is -0.148. The van der Waals surface area contributed by atoms with E-state index >= 15 is 0 Å². The average molecular weight is 517 g/mol. The van der Waals surface area contributed by atoms with Gasteiger partial charge in [-0.1, -0.05) is 22.0 Å².